The Hall–Kier alpha value is -3.30. The number of amides is 1. The number of likely N-dealkylation sites (tertiary alicyclic amines) is 1. The summed E-state index contributed by atoms with van der Waals surface area (Å²) in [7, 11) is 0. The Morgan fingerprint density at radius 3 is 2.55 bits per heavy atom. The smallest absolute Gasteiger partial charge is 0.422 e. The van der Waals surface area contributed by atoms with Gasteiger partial charge in [-0.25, -0.2) is 0 Å². The minimum absolute atomic E-state index is 0.0293. The largest absolute Gasteiger partial charge is 0.493 e. The normalized spacial score (nSPS) is 16.6. The number of carbonyl (C=O) groups is 1. The van der Waals surface area contributed by atoms with Crippen LogP contribution in [0.5, 0.6) is 11.5 Å². The molecule has 1 unspecified atom stereocenters. The van der Waals surface area contributed by atoms with Gasteiger partial charge in [0.15, 0.2) is 6.61 Å². The van der Waals surface area contributed by atoms with Gasteiger partial charge < -0.3 is 14.4 Å². The van der Waals surface area contributed by atoms with E-state index in [0.717, 1.165) is 24.6 Å². The van der Waals surface area contributed by atoms with E-state index in [4.69, 9.17) is 4.74 Å². The van der Waals surface area contributed by atoms with Crippen LogP contribution in [0.25, 0.3) is 0 Å². The number of alkyl halides is 3. The molecule has 2 aromatic carbocycles. The van der Waals surface area contributed by atoms with Gasteiger partial charge in [-0.15, -0.1) is 0 Å². The van der Waals surface area contributed by atoms with Crippen molar-refractivity contribution in [1.29, 1.82) is 0 Å². The van der Waals surface area contributed by atoms with E-state index in [1.807, 2.05) is 30.3 Å². The summed E-state index contributed by atoms with van der Waals surface area (Å²) < 4.78 is 47.7. The number of ether oxygens (including phenoxy) is 2. The van der Waals surface area contributed by atoms with Gasteiger partial charge >= 0.3 is 6.18 Å². The highest BCUT2D eigenvalue weighted by molar-refractivity contribution is 5.98. The number of carbonyl (C=O) groups excluding carboxylic acids is 1. The molecule has 2 aromatic rings. The van der Waals surface area contributed by atoms with E-state index >= 15 is 0 Å². The molecule has 31 heavy (non-hydrogen) atoms. The lowest BCUT2D eigenvalue weighted by Gasteiger charge is -2.32. The lowest BCUT2D eigenvalue weighted by Crippen LogP contribution is -2.41. The number of para-hydroxylation sites is 1. The van der Waals surface area contributed by atoms with Crippen molar-refractivity contribution < 1.29 is 32.4 Å². The Morgan fingerprint density at radius 2 is 1.87 bits per heavy atom. The molecule has 1 aliphatic rings. The summed E-state index contributed by atoms with van der Waals surface area (Å²) in [4.78, 5) is 25.1. The van der Waals surface area contributed by atoms with E-state index in [1.54, 1.807) is 0 Å². The van der Waals surface area contributed by atoms with Crippen LogP contribution >= 0.6 is 0 Å². The van der Waals surface area contributed by atoms with Crippen LogP contribution in [0.2, 0.25) is 0 Å². The van der Waals surface area contributed by atoms with Crippen molar-refractivity contribution >= 4 is 11.6 Å². The second-order valence-corrected chi connectivity index (χ2v) is 7.22. The molecule has 3 rings (SSSR count). The second kappa shape index (κ2) is 9.67. The predicted molar refractivity (Wildman–Crippen MR) is 105 cm³/mol. The van der Waals surface area contributed by atoms with Crippen molar-refractivity contribution in [2.45, 2.75) is 19.0 Å². The van der Waals surface area contributed by atoms with Gasteiger partial charge in [0.2, 0.25) is 0 Å². The van der Waals surface area contributed by atoms with Crippen molar-refractivity contribution in [3.8, 4) is 11.5 Å². The molecule has 0 bridgehead atoms. The SMILES string of the molecule is O=C(c1cc(OCC(F)(F)F)ccc1[N+](=O)[O-])N1CCCC(COc2ccccc2)C1. The van der Waals surface area contributed by atoms with Gasteiger partial charge in [0.25, 0.3) is 11.6 Å². The zero-order valence-corrected chi connectivity index (χ0v) is 16.5. The maximum Gasteiger partial charge on any atom is 0.422 e. The minimum Gasteiger partial charge on any atom is -0.493 e. The molecule has 1 amide bonds. The third kappa shape index (κ3) is 6.34. The Kier molecular flexibility index (Phi) is 6.98. The Bertz CT molecular complexity index is 921. The Labute approximate surface area is 176 Å². The molecule has 0 spiro atoms. The van der Waals surface area contributed by atoms with Crippen molar-refractivity contribution in [2.75, 3.05) is 26.3 Å². The molecule has 10 heteroatoms. The maximum atomic E-state index is 13.0. The van der Waals surface area contributed by atoms with Crippen molar-refractivity contribution in [3.63, 3.8) is 0 Å². The van der Waals surface area contributed by atoms with Crippen LogP contribution < -0.4 is 9.47 Å². The van der Waals surface area contributed by atoms with Gasteiger partial charge in [0.05, 0.1) is 11.5 Å². The molecule has 1 fully saturated rings. The summed E-state index contributed by atoms with van der Waals surface area (Å²) in [5.74, 6) is -0.140. The van der Waals surface area contributed by atoms with E-state index < -0.39 is 29.3 Å². The summed E-state index contributed by atoms with van der Waals surface area (Å²) >= 11 is 0. The van der Waals surface area contributed by atoms with Gasteiger partial charge in [-0.05, 0) is 37.1 Å². The van der Waals surface area contributed by atoms with Crippen molar-refractivity contribution in [1.82, 2.24) is 4.90 Å². The summed E-state index contributed by atoms with van der Waals surface area (Å²) in [5, 5.41) is 11.4. The summed E-state index contributed by atoms with van der Waals surface area (Å²) in [6.07, 6.45) is -3.05. The van der Waals surface area contributed by atoms with Crippen LogP contribution in [0.4, 0.5) is 18.9 Å². The fraction of sp³-hybridized carbons (Fsp3) is 0.381. The molecule has 0 N–H and O–H groups in total. The topological polar surface area (TPSA) is 81.9 Å². The fourth-order valence-electron chi connectivity index (χ4n) is 3.39. The number of nitro benzene ring substituents is 1. The van der Waals surface area contributed by atoms with Crippen LogP contribution in [0, 0.1) is 16.0 Å². The number of rotatable bonds is 7. The molecule has 1 saturated heterocycles. The fourth-order valence-corrected chi connectivity index (χ4v) is 3.39. The van der Waals surface area contributed by atoms with E-state index in [0.29, 0.717) is 31.9 Å². The lowest BCUT2D eigenvalue weighted by molar-refractivity contribution is -0.385. The quantitative estimate of drug-likeness (QED) is 0.471. The number of hydrogen-bond donors (Lipinski definition) is 0. The lowest BCUT2D eigenvalue weighted by atomic mass is 9.98. The third-order valence-corrected chi connectivity index (χ3v) is 4.83. The molecule has 1 atom stereocenters. The zero-order valence-electron chi connectivity index (χ0n) is 16.5. The minimum atomic E-state index is -4.56. The summed E-state index contributed by atoms with van der Waals surface area (Å²) in [6, 6.07) is 12.2. The maximum absolute atomic E-state index is 13.0. The van der Waals surface area contributed by atoms with Gasteiger partial charge in [-0.3, -0.25) is 14.9 Å². The molecule has 166 valence electrons. The standard InChI is InChI=1S/C21H21F3N2O5/c22-21(23,24)14-31-17-8-9-19(26(28)29)18(11-17)20(27)25-10-4-5-15(12-25)13-30-16-6-2-1-3-7-16/h1-3,6-9,11,15H,4-5,10,12-14H2. The van der Waals surface area contributed by atoms with Crippen LogP contribution in [-0.4, -0.2) is 48.2 Å². The number of halogens is 3. The molecule has 0 saturated carbocycles. The predicted octanol–water partition coefficient (Wildman–Crippen LogP) is 4.47. The molecular formula is C21H21F3N2O5. The molecule has 0 radical (unpaired) electrons. The number of nitrogens with zero attached hydrogens (tertiary/aromatic N) is 2. The van der Waals surface area contributed by atoms with Gasteiger partial charge in [-0.1, -0.05) is 18.2 Å². The van der Waals surface area contributed by atoms with Gasteiger partial charge in [0, 0.05) is 25.1 Å². The number of piperidine rings is 1. The first-order valence-corrected chi connectivity index (χ1v) is 9.68. The monoisotopic (exact) mass is 438 g/mol. The third-order valence-electron chi connectivity index (χ3n) is 4.83. The van der Waals surface area contributed by atoms with Gasteiger partial charge in [-0.2, -0.15) is 13.2 Å². The van der Waals surface area contributed by atoms with E-state index in [2.05, 4.69) is 4.74 Å². The summed E-state index contributed by atoms with van der Waals surface area (Å²) in [6.45, 7) is -0.451. The highest BCUT2D eigenvalue weighted by atomic mass is 19.4. The molecule has 0 aliphatic carbocycles. The van der Waals surface area contributed by atoms with E-state index in [9.17, 15) is 28.1 Å². The molecular weight excluding hydrogens is 417 g/mol. The van der Waals surface area contributed by atoms with Crippen LogP contribution in [0.1, 0.15) is 23.2 Å². The van der Waals surface area contributed by atoms with Crippen LogP contribution in [-0.2, 0) is 0 Å². The Balaban J connectivity index is 1.71. The highest BCUT2D eigenvalue weighted by Crippen LogP contribution is 2.29. The van der Waals surface area contributed by atoms with Gasteiger partial charge in [0.1, 0.15) is 17.1 Å². The van der Waals surface area contributed by atoms with Crippen molar-refractivity contribution in [3.05, 3.63) is 64.2 Å². The first-order valence-electron chi connectivity index (χ1n) is 9.68. The molecule has 1 heterocycles. The van der Waals surface area contributed by atoms with E-state index in [-0.39, 0.29) is 17.2 Å². The summed E-state index contributed by atoms with van der Waals surface area (Å²) in [5.41, 5.74) is -0.777. The average Bonchev–Trinajstić information content (AvgIpc) is 2.76. The number of nitro groups is 1. The van der Waals surface area contributed by atoms with Crippen molar-refractivity contribution in [2.24, 2.45) is 5.92 Å². The number of hydrogen-bond acceptors (Lipinski definition) is 5. The van der Waals surface area contributed by atoms with Crippen LogP contribution in [0.15, 0.2) is 48.5 Å². The molecule has 0 aromatic heterocycles. The second-order valence-electron chi connectivity index (χ2n) is 7.22. The highest BCUT2D eigenvalue weighted by Gasteiger charge is 2.31. The Morgan fingerprint density at radius 1 is 1.13 bits per heavy atom. The van der Waals surface area contributed by atoms with Crippen LogP contribution in [0.3, 0.4) is 0 Å². The first-order chi connectivity index (χ1) is 14.7. The average molecular weight is 438 g/mol. The zero-order chi connectivity index (χ0) is 22.4. The van der Waals surface area contributed by atoms with E-state index in [1.165, 1.54) is 4.90 Å². The molecule has 1 aliphatic heterocycles. The number of benzene rings is 2. The molecule has 7 nitrogen and oxygen atoms in total. The first kappa shape index (κ1) is 22.4.